The highest BCUT2D eigenvalue weighted by Crippen LogP contribution is 2.36. The Bertz CT molecular complexity index is 621. The number of ether oxygens (including phenoxy) is 1. The molecule has 5 nitrogen and oxygen atoms in total. The lowest BCUT2D eigenvalue weighted by atomic mass is 9.95. The van der Waals surface area contributed by atoms with Crippen LogP contribution in [0.15, 0.2) is 28.8 Å². The SMILES string of the molecule is CC1(c2noc([C@@H]3Cc4ccccc4N3)n2)CCCCO1. The van der Waals surface area contributed by atoms with Crippen LogP contribution < -0.4 is 5.32 Å². The van der Waals surface area contributed by atoms with Crippen molar-refractivity contribution in [3.63, 3.8) is 0 Å². The van der Waals surface area contributed by atoms with Crippen LogP contribution in [0.1, 0.15) is 49.5 Å². The van der Waals surface area contributed by atoms with Crippen molar-refractivity contribution in [3.05, 3.63) is 41.5 Å². The van der Waals surface area contributed by atoms with E-state index in [1.165, 1.54) is 5.56 Å². The van der Waals surface area contributed by atoms with Crippen LogP contribution in [-0.2, 0) is 16.8 Å². The molecule has 0 bridgehead atoms. The molecule has 110 valence electrons. The third-order valence-electron chi connectivity index (χ3n) is 4.45. The fraction of sp³-hybridized carbons (Fsp3) is 0.500. The Morgan fingerprint density at radius 2 is 2.19 bits per heavy atom. The van der Waals surface area contributed by atoms with Crippen LogP contribution in [0.3, 0.4) is 0 Å². The van der Waals surface area contributed by atoms with E-state index in [0.29, 0.717) is 11.7 Å². The maximum absolute atomic E-state index is 5.88. The fourth-order valence-electron chi connectivity index (χ4n) is 3.15. The molecule has 2 aromatic rings. The highest BCUT2D eigenvalue weighted by Gasteiger charge is 2.36. The van der Waals surface area contributed by atoms with Gasteiger partial charge in [0, 0.05) is 18.7 Å². The Morgan fingerprint density at radius 3 is 3.00 bits per heavy atom. The van der Waals surface area contributed by atoms with E-state index in [-0.39, 0.29) is 6.04 Å². The first-order valence-electron chi connectivity index (χ1n) is 7.57. The second-order valence-electron chi connectivity index (χ2n) is 6.05. The Kier molecular flexibility index (Phi) is 2.96. The normalized spacial score (nSPS) is 28.1. The highest BCUT2D eigenvalue weighted by atomic mass is 16.5. The van der Waals surface area contributed by atoms with E-state index >= 15 is 0 Å². The van der Waals surface area contributed by atoms with E-state index in [9.17, 15) is 0 Å². The van der Waals surface area contributed by atoms with Crippen LogP contribution in [0.5, 0.6) is 0 Å². The lowest BCUT2D eigenvalue weighted by Crippen LogP contribution is -2.31. The zero-order valence-electron chi connectivity index (χ0n) is 12.1. The Morgan fingerprint density at radius 1 is 1.29 bits per heavy atom. The van der Waals surface area contributed by atoms with Gasteiger partial charge in [0.1, 0.15) is 11.6 Å². The van der Waals surface area contributed by atoms with Crippen molar-refractivity contribution >= 4 is 5.69 Å². The molecule has 2 aliphatic rings. The van der Waals surface area contributed by atoms with Gasteiger partial charge in [-0.3, -0.25) is 0 Å². The molecular formula is C16H19N3O2. The van der Waals surface area contributed by atoms with Gasteiger partial charge < -0.3 is 14.6 Å². The maximum Gasteiger partial charge on any atom is 0.249 e. The van der Waals surface area contributed by atoms with Crippen LogP contribution in [-0.4, -0.2) is 16.7 Å². The molecule has 1 N–H and O–H groups in total. The summed E-state index contributed by atoms with van der Waals surface area (Å²) in [6.45, 7) is 2.82. The zero-order chi connectivity index (χ0) is 14.3. The smallest absolute Gasteiger partial charge is 0.249 e. The third kappa shape index (κ3) is 2.21. The van der Waals surface area contributed by atoms with Crippen molar-refractivity contribution in [2.24, 2.45) is 0 Å². The minimum Gasteiger partial charge on any atom is -0.373 e. The van der Waals surface area contributed by atoms with Gasteiger partial charge in [-0.25, -0.2) is 0 Å². The van der Waals surface area contributed by atoms with Crippen LogP contribution in [0, 0.1) is 0 Å². The summed E-state index contributed by atoms with van der Waals surface area (Å²) in [4.78, 5) is 4.61. The first-order chi connectivity index (χ1) is 10.2. The molecule has 2 atom stereocenters. The van der Waals surface area contributed by atoms with Gasteiger partial charge in [-0.2, -0.15) is 4.98 Å². The van der Waals surface area contributed by atoms with Crippen molar-refractivity contribution in [2.75, 3.05) is 11.9 Å². The van der Waals surface area contributed by atoms with Gasteiger partial charge >= 0.3 is 0 Å². The van der Waals surface area contributed by atoms with Crippen LogP contribution in [0.25, 0.3) is 0 Å². The molecule has 0 saturated carbocycles. The standard InChI is InChI=1S/C16H19N3O2/c1-16(8-4-5-9-20-16)15-18-14(21-19-15)13-10-11-6-2-3-7-12(11)17-13/h2-3,6-7,13,17H,4-5,8-10H2,1H3/t13-,16?/m0/s1. The number of benzene rings is 1. The molecule has 2 aliphatic heterocycles. The summed E-state index contributed by atoms with van der Waals surface area (Å²) < 4.78 is 11.4. The van der Waals surface area contributed by atoms with Gasteiger partial charge in [0.15, 0.2) is 0 Å². The predicted molar refractivity (Wildman–Crippen MR) is 78.0 cm³/mol. The summed E-state index contributed by atoms with van der Waals surface area (Å²) in [6, 6.07) is 8.36. The molecule has 1 unspecified atom stereocenters. The van der Waals surface area contributed by atoms with Crippen molar-refractivity contribution in [1.82, 2.24) is 10.1 Å². The molecule has 0 amide bonds. The molecule has 21 heavy (non-hydrogen) atoms. The number of anilines is 1. The van der Waals surface area contributed by atoms with E-state index < -0.39 is 5.60 Å². The summed E-state index contributed by atoms with van der Waals surface area (Å²) >= 11 is 0. The molecule has 0 radical (unpaired) electrons. The van der Waals surface area contributed by atoms with Crippen LogP contribution in [0.4, 0.5) is 5.69 Å². The number of hydrogen-bond donors (Lipinski definition) is 1. The largest absolute Gasteiger partial charge is 0.373 e. The van der Waals surface area contributed by atoms with E-state index in [1.807, 2.05) is 6.07 Å². The Hall–Kier alpha value is -1.88. The molecule has 1 fully saturated rings. The number of hydrogen-bond acceptors (Lipinski definition) is 5. The van der Waals surface area contributed by atoms with E-state index in [4.69, 9.17) is 9.26 Å². The van der Waals surface area contributed by atoms with E-state index in [2.05, 4.69) is 40.6 Å². The first kappa shape index (κ1) is 12.8. The fourth-order valence-corrected chi connectivity index (χ4v) is 3.15. The number of rotatable bonds is 2. The van der Waals surface area contributed by atoms with Gasteiger partial charge in [-0.1, -0.05) is 23.4 Å². The molecular weight excluding hydrogens is 266 g/mol. The van der Waals surface area contributed by atoms with Gasteiger partial charge in [0.2, 0.25) is 11.7 Å². The predicted octanol–water partition coefficient (Wildman–Crippen LogP) is 3.19. The van der Waals surface area contributed by atoms with Crippen molar-refractivity contribution < 1.29 is 9.26 Å². The molecule has 4 rings (SSSR count). The minimum absolute atomic E-state index is 0.0656. The zero-order valence-corrected chi connectivity index (χ0v) is 12.1. The summed E-state index contributed by atoms with van der Waals surface area (Å²) in [5, 5.41) is 7.61. The summed E-state index contributed by atoms with van der Waals surface area (Å²) in [6.07, 6.45) is 4.09. The molecule has 1 aromatic heterocycles. The van der Waals surface area contributed by atoms with Gasteiger partial charge in [-0.05, 0) is 37.8 Å². The van der Waals surface area contributed by atoms with Gasteiger partial charge in [0.05, 0.1) is 0 Å². The Balaban J connectivity index is 1.56. The van der Waals surface area contributed by atoms with E-state index in [0.717, 1.165) is 38.0 Å². The number of nitrogens with zero attached hydrogens (tertiary/aromatic N) is 2. The average molecular weight is 285 g/mol. The quantitative estimate of drug-likeness (QED) is 0.918. The monoisotopic (exact) mass is 285 g/mol. The molecule has 1 aromatic carbocycles. The van der Waals surface area contributed by atoms with Crippen LogP contribution in [0.2, 0.25) is 0 Å². The summed E-state index contributed by atoms with van der Waals surface area (Å²) in [5.41, 5.74) is 2.05. The highest BCUT2D eigenvalue weighted by molar-refractivity contribution is 5.56. The molecule has 3 heterocycles. The number of aromatic nitrogens is 2. The topological polar surface area (TPSA) is 60.2 Å². The number of fused-ring (bicyclic) bond motifs is 1. The lowest BCUT2D eigenvalue weighted by molar-refractivity contribution is -0.0770. The van der Waals surface area contributed by atoms with Crippen molar-refractivity contribution in [3.8, 4) is 0 Å². The number of para-hydroxylation sites is 1. The molecule has 0 spiro atoms. The maximum atomic E-state index is 5.88. The van der Waals surface area contributed by atoms with Gasteiger partial charge in [0.25, 0.3) is 0 Å². The second-order valence-corrected chi connectivity index (χ2v) is 6.05. The van der Waals surface area contributed by atoms with E-state index in [1.54, 1.807) is 0 Å². The summed E-state index contributed by atoms with van der Waals surface area (Å²) in [7, 11) is 0. The van der Waals surface area contributed by atoms with Crippen LogP contribution >= 0.6 is 0 Å². The lowest BCUT2D eigenvalue weighted by Gasteiger charge is -2.30. The first-order valence-corrected chi connectivity index (χ1v) is 7.57. The number of nitrogens with one attached hydrogen (secondary N) is 1. The molecule has 0 aliphatic carbocycles. The Labute approximate surface area is 123 Å². The average Bonchev–Trinajstić information content (AvgIpc) is 3.15. The summed E-state index contributed by atoms with van der Waals surface area (Å²) in [5.74, 6) is 1.33. The molecule has 1 saturated heterocycles. The molecule has 5 heteroatoms. The minimum atomic E-state index is -0.397. The van der Waals surface area contributed by atoms with Crippen molar-refractivity contribution in [2.45, 2.75) is 44.2 Å². The van der Waals surface area contributed by atoms with Crippen molar-refractivity contribution in [1.29, 1.82) is 0 Å². The third-order valence-corrected chi connectivity index (χ3v) is 4.45. The second kappa shape index (κ2) is 4.84. The van der Waals surface area contributed by atoms with Gasteiger partial charge in [-0.15, -0.1) is 0 Å².